The molecule has 0 aromatic carbocycles. The van der Waals surface area contributed by atoms with Crippen molar-refractivity contribution in [3.63, 3.8) is 0 Å². The molecule has 1 N–H and O–H groups in total. The number of ether oxygens (including phenoxy) is 2. The molecule has 2 atom stereocenters. The van der Waals surface area contributed by atoms with Gasteiger partial charge in [0.15, 0.2) is 0 Å². The molecular weight excluding hydrogens is 265 g/mol. The maximum atomic E-state index is 13.8. The standard InChI is InChI=1S/C14H24FNO4/c1-7-19-12(17)9(2)8-11(15)10(3)16-13(18)20-14(4,5)6/h8-10H,7H2,1-6H3,(H,16,18)/b11-8-/t9-,10+/m0/s1. The molecule has 0 bridgehead atoms. The van der Waals surface area contributed by atoms with Gasteiger partial charge in [-0.3, -0.25) is 4.79 Å². The Morgan fingerprint density at radius 2 is 1.85 bits per heavy atom. The van der Waals surface area contributed by atoms with E-state index in [1.165, 1.54) is 13.8 Å². The molecule has 116 valence electrons. The Morgan fingerprint density at radius 1 is 1.30 bits per heavy atom. The monoisotopic (exact) mass is 289 g/mol. The summed E-state index contributed by atoms with van der Waals surface area (Å²) in [6.45, 7) is 10.1. The van der Waals surface area contributed by atoms with Crippen LogP contribution in [0.4, 0.5) is 9.18 Å². The number of hydrogen-bond acceptors (Lipinski definition) is 4. The van der Waals surface area contributed by atoms with Crippen molar-refractivity contribution in [1.82, 2.24) is 5.32 Å². The summed E-state index contributed by atoms with van der Waals surface area (Å²) in [5.74, 6) is -1.83. The summed E-state index contributed by atoms with van der Waals surface area (Å²) in [5.41, 5.74) is -0.651. The SMILES string of the molecule is CCOC(=O)[C@@H](C)/C=C(\F)[C@@H](C)NC(=O)OC(C)(C)C. The number of nitrogens with one attached hydrogen (secondary N) is 1. The fourth-order valence-electron chi connectivity index (χ4n) is 1.28. The normalized spacial score (nSPS) is 15.2. The van der Waals surface area contributed by atoms with Crippen LogP contribution < -0.4 is 5.32 Å². The zero-order valence-electron chi connectivity index (χ0n) is 13.0. The Hall–Kier alpha value is -1.59. The number of halogens is 1. The zero-order valence-corrected chi connectivity index (χ0v) is 13.0. The first-order valence-corrected chi connectivity index (χ1v) is 6.60. The Labute approximate surface area is 119 Å². The van der Waals surface area contributed by atoms with E-state index in [4.69, 9.17) is 9.47 Å². The van der Waals surface area contributed by atoms with Gasteiger partial charge in [-0.1, -0.05) is 0 Å². The smallest absolute Gasteiger partial charge is 0.408 e. The molecule has 0 saturated heterocycles. The number of amides is 1. The summed E-state index contributed by atoms with van der Waals surface area (Å²) in [5, 5.41) is 2.36. The highest BCUT2D eigenvalue weighted by atomic mass is 19.1. The van der Waals surface area contributed by atoms with Crippen LogP contribution in [0.1, 0.15) is 41.5 Å². The molecule has 0 rings (SSSR count). The van der Waals surface area contributed by atoms with Gasteiger partial charge < -0.3 is 14.8 Å². The molecule has 6 heteroatoms. The van der Waals surface area contributed by atoms with E-state index in [-0.39, 0.29) is 6.61 Å². The van der Waals surface area contributed by atoms with Crippen LogP contribution in [0, 0.1) is 5.92 Å². The molecule has 0 radical (unpaired) electrons. The van der Waals surface area contributed by atoms with Gasteiger partial charge in [0.2, 0.25) is 0 Å². The van der Waals surface area contributed by atoms with Crippen LogP contribution in [0.3, 0.4) is 0 Å². The summed E-state index contributed by atoms with van der Waals surface area (Å²) in [6, 6.07) is -0.873. The quantitative estimate of drug-likeness (QED) is 0.790. The maximum Gasteiger partial charge on any atom is 0.408 e. The van der Waals surface area contributed by atoms with Crippen LogP contribution >= 0.6 is 0 Å². The van der Waals surface area contributed by atoms with E-state index in [0.717, 1.165) is 6.08 Å². The minimum Gasteiger partial charge on any atom is -0.466 e. The molecule has 0 aliphatic carbocycles. The first-order valence-electron chi connectivity index (χ1n) is 6.60. The van der Waals surface area contributed by atoms with Crippen LogP contribution in [0.25, 0.3) is 0 Å². The van der Waals surface area contributed by atoms with Gasteiger partial charge in [-0.25, -0.2) is 9.18 Å². The second-order valence-corrected chi connectivity index (χ2v) is 5.46. The van der Waals surface area contributed by atoms with Gasteiger partial charge in [-0.05, 0) is 47.6 Å². The first-order chi connectivity index (χ1) is 9.06. The summed E-state index contributed by atoms with van der Waals surface area (Å²) in [4.78, 5) is 22.8. The molecule has 5 nitrogen and oxygen atoms in total. The molecule has 20 heavy (non-hydrogen) atoms. The van der Waals surface area contributed by atoms with Crippen molar-refractivity contribution < 1.29 is 23.5 Å². The number of carbonyl (C=O) groups excluding carboxylic acids is 2. The minimum absolute atomic E-state index is 0.240. The van der Waals surface area contributed by atoms with E-state index in [0.29, 0.717) is 0 Å². The number of hydrogen-bond donors (Lipinski definition) is 1. The summed E-state index contributed by atoms with van der Waals surface area (Å²) < 4.78 is 23.6. The molecule has 0 aliphatic heterocycles. The fraction of sp³-hybridized carbons (Fsp3) is 0.714. The molecular formula is C14H24FNO4. The molecule has 0 saturated carbocycles. The van der Waals surface area contributed by atoms with E-state index in [1.54, 1.807) is 27.7 Å². The van der Waals surface area contributed by atoms with Crippen molar-refractivity contribution in [2.45, 2.75) is 53.2 Å². The van der Waals surface area contributed by atoms with Gasteiger partial charge in [0.25, 0.3) is 0 Å². The Morgan fingerprint density at radius 3 is 2.30 bits per heavy atom. The zero-order chi connectivity index (χ0) is 15.9. The van der Waals surface area contributed by atoms with Crippen LogP contribution in [0.2, 0.25) is 0 Å². The van der Waals surface area contributed by atoms with Gasteiger partial charge >= 0.3 is 12.1 Å². The third kappa shape index (κ3) is 7.76. The molecule has 0 aromatic rings. The predicted molar refractivity (Wildman–Crippen MR) is 73.8 cm³/mol. The number of alkyl carbamates (subject to hydrolysis) is 1. The van der Waals surface area contributed by atoms with Crippen molar-refractivity contribution in [2.24, 2.45) is 5.92 Å². The van der Waals surface area contributed by atoms with Crippen LogP contribution in [-0.2, 0) is 14.3 Å². The fourth-order valence-corrected chi connectivity index (χ4v) is 1.28. The molecule has 0 unspecified atom stereocenters. The minimum atomic E-state index is -0.873. The van der Waals surface area contributed by atoms with Crippen molar-refractivity contribution in [1.29, 1.82) is 0 Å². The number of rotatable bonds is 5. The van der Waals surface area contributed by atoms with Gasteiger partial charge in [0.05, 0.1) is 18.6 Å². The highest BCUT2D eigenvalue weighted by Crippen LogP contribution is 2.12. The van der Waals surface area contributed by atoms with E-state index in [1.807, 2.05) is 0 Å². The van der Waals surface area contributed by atoms with Crippen LogP contribution in [-0.4, -0.2) is 30.3 Å². The predicted octanol–water partition coefficient (Wildman–Crippen LogP) is 2.95. The second kappa shape index (κ2) is 7.87. The van der Waals surface area contributed by atoms with Gasteiger partial charge in [0.1, 0.15) is 11.4 Å². The maximum absolute atomic E-state index is 13.8. The molecule has 0 aliphatic rings. The van der Waals surface area contributed by atoms with Crippen LogP contribution in [0.15, 0.2) is 11.9 Å². The first kappa shape index (κ1) is 18.4. The second-order valence-electron chi connectivity index (χ2n) is 5.46. The topological polar surface area (TPSA) is 64.6 Å². The van der Waals surface area contributed by atoms with Crippen molar-refractivity contribution in [2.75, 3.05) is 6.61 Å². The lowest BCUT2D eigenvalue weighted by molar-refractivity contribution is -0.145. The Balaban J connectivity index is 4.50. The molecule has 0 fully saturated rings. The third-order valence-electron chi connectivity index (χ3n) is 2.21. The van der Waals surface area contributed by atoms with E-state index >= 15 is 0 Å². The van der Waals surface area contributed by atoms with Crippen LogP contribution in [0.5, 0.6) is 0 Å². The average Bonchev–Trinajstić information content (AvgIpc) is 2.26. The molecule has 0 spiro atoms. The Bertz CT molecular complexity index is 374. The number of esters is 1. The molecule has 1 amide bonds. The lowest BCUT2D eigenvalue weighted by Gasteiger charge is -2.21. The van der Waals surface area contributed by atoms with E-state index < -0.39 is 35.5 Å². The molecule has 0 heterocycles. The lowest BCUT2D eigenvalue weighted by Crippen LogP contribution is -2.38. The van der Waals surface area contributed by atoms with Crippen molar-refractivity contribution in [3.8, 4) is 0 Å². The van der Waals surface area contributed by atoms with E-state index in [2.05, 4.69) is 5.32 Å². The Kier molecular flexibility index (Phi) is 7.24. The largest absolute Gasteiger partial charge is 0.466 e. The van der Waals surface area contributed by atoms with Gasteiger partial charge in [-0.15, -0.1) is 0 Å². The van der Waals surface area contributed by atoms with Crippen molar-refractivity contribution >= 4 is 12.1 Å². The highest BCUT2D eigenvalue weighted by Gasteiger charge is 2.20. The average molecular weight is 289 g/mol. The lowest BCUT2D eigenvalue weighted by atomic mass is 10.1. The van der Waals surface area contributed by atoms with Gasteiger partial charge in [-0.2, -0.15) is 0 Å². The summed E-state index contributed by atoms with van der Waals surface area (Å²) >= 11 is 0. The summed E-state index contributed by atoms with van der Waals surface area (Å²) in [6.07, 6.45) is 0.414. The third-order valence-corrected chi connectivity index (χ3v) is 2.21. The van der Waals surface area contributed by atoms with Crippen molar-refractivity contribution in [3.05, 3.63) is 11.9 Å². The van der Waals surface area contributed by atoms with E-state index in [9.17, 15) is 14.0 Å². The number of carbonyl (C=O) groups is 2. The van der Waals surface area contributed by atoms with Gasteiger partial charge in [0, 0.05) is 0 Å². The summed E-state index contributed by atoms with van der Waals surface area (Å²) in [7, 11) is 0. The highest BCUT2D eigenvalue weighted by molar-refractivity contribution is 5.74. The molecule has 0 aromatic heterocycles.